The molecule has 1 aliphatic carbocycles. The van der Waals surface area contributed by atoms with Crippen LogP contribution in [0, 0.1) is 11.3 Å². The number of benzene rings is 1. The first-order valence-corrected chi connectivity index (χ1v) is 7.89. The van der Waals surface area contributed by atoms with Gasteiger partial charge in [-0.3, -0.25) is 10.2 Å². The Morgan fingerprint density at radius 1 is 1.29 bits per heavy atom. The summed E-state index contributed by atoms with van der Waals surface area (Å²) < 4.78 is 0. The number of rotatable bonds is 7. The summed E-state index contributed by atoms with van der Waals surface area (Å²) in [5.41, 5.74) is 0.532. The monoisotopic (exact) mass is 285 g/mol. The number of likely N-dealkylation sites (N-methyl/N-ethyl adjacent to an activating group) is 1. The fourth-order valence-electron chi connectivity index (χ4n) is 2.49. The van der Waals surface area contributed by atoms with Crippen molar-refractivity contribution in [1.29, 1.82) is 5.26 Å². The Morgan fingerprint density at radius 2 is 1.90 bits per heavy atom. The highest BCUT2D eigenvalue weighted by atomic mass is 15.2. The lowest BCUT2D eigenvalue weighted by Gasteiger charge is -2.41. The molecule has 1 aromatic rings. The van der Waals surface area contributed by atoms with Crippen LogP contribution in [-0.4, -0.2) is 30.1 Å². The second-order valence-corrected chi connectivity index (χ2v) is 6.82. The first kappa shape index (κ1) is 16.0. The number of hydrogen-bond acceptors (Lipinski definition) is 3. The van der Waals surface area contributed by atoms with Gasteiger partial charge < -0.3 is 0 Å². The minimum Gasteiger partial charge on any atom is -0.298 e. The van der Waals surface area contributed by atoms with Crippen LogP contribution in [0.15, 0.2) is 30.3 Å². The zero-order valence-electron chi connectivity index (χ0n) is 13.7. The molecule has 21 heavy (non-hydrogen) atoms. The molecule has 1 atom stereocenters. The molecule has 0 spiro atoms. The van der Waals surface area contributed by atoms with Gasteiger partial charge in [0.1, 0.15) is 5.54 Å². The van der Waals surface area contributed by atoms with Crippen molar-refractivity contribution in [3.8, 4) is 6.07 Å². The average Bonchev–Trinajstić information content (AvgIpc) is 3.31. The van der Waals surface area contributed by atoms with Crippen LogP contribution in [0.3, 0.4) is 0 Å². The summed E-state index contributed by atoms with van der Waals surface area (Å²) in [6, 6.07) is 13.2. The molecule has 0 aliphatic heterocycles. The van der Waals surface area contributed by atoms with Gasteiger partial charge in [0.15, 0.2) is 0 Å². The zero-order valence-corrected chi connectivity index (χ0v) is 13.7. The maximum Gasteiger partial charge on any atom is 0.145 e. The van der Waals surface area contributed by atoms with E-state index in [-0.39, 0.29) is 5.54 Å². The Labute approximate surface area is 129 Å². The molecule has 1 fully saturated rings. The van der Waals surface area contributed by atoms with Crippen molar-refractivity contribution in [2.45, 2.75) is 57.2 Å². The van der Waals surface area contributed by atoms with Crippen molar-refractivity contribution in [3.63, 3.8) is 0 Å². The summed E-state index contributed by atoms with van der Waals surface area (Å²) in [4.78, 5) is 2.30. The molecule has 0 amide bonds. The second-order valence-electron chi connectivity index (χ2n) is 6.82. The smallest absolute Gasteiger partial charge is 0.145 e. The topological polar surface area (TPSA) is 39.1 Å². The van der Waals surface area contributed by atoms with E-state index in [4.69, 9.17) is 0 Å². The van der Waals surface area contributed by atoms with Gasteiger partial charge in [0.05, 0.1) is 6.07 Å². The molecular formula is C18H27N3. The highest BCUT2D eigenvalue weighted by molar-refractivity contribution is 5.33. The third-order valence-corrected chi connectivity index (χ3v) is 4.86. The second kappa shape index (κ2) is 6.17. The predicted octanol–water partition coefficient (Wildman–Crippen LogP) is 3.28. The van der Waals surface area contributed by atoms with E-state index in [1.54, 1.807) is 0 Å². The van der Waals surface area contributed by atoms with Crippen molar-refractivity contribution in [3.05, 3.63) is 35.9 Å². The van der Waals surface area contributed by atoms with Crippen LogP contribution < -0.4 is 5.32 Å². The molecule has 3 heteroatoms. The Balaban J connectivity index is 2.29. The minimum atomic E-state index is -0.621. The highest BCUT2D eigenvalue weighted by Crippen LogP contribution is 2.31. The maximum absolute atomic E-state index is 9.95. The van der Waals surface area contributed by atoms with E-state index in [0.29, 0.717) is 12.6 Å². The van der Waals surface area contributed by atoms with Gasteiger partial charge in [-0.15, -0.1) is 0 Å². The highest BCUT2D eigenvalue weighted by Gasteiger charge is 2.40. The van der Waals surface area contributed by atoms with Crippen LogP contribution >= 0.6 is 0 Å². The Bertz CT molecular complexity index is 499. The van der Waals surface area contributed by atoms with Gasteiger partial charge in [-0.05, 0) is 45.7 Å². The first-order chi connectivity index (χ1) is 9.93. The van der Waals surface area contributed by atoms with E-state index in [9.17, 15) is 5.26 Å². The van der Waals surface area contributed by atoms with Gasteiger partial charge in [-0.1, -0.05) is 37.3 Å². The van der Waals surface area contributed by atoms with Gasteiger partial charge in [0, 0.05) is 18.1 Å². The molecule has 0 saturated heterocycles. The third-order valence-electron chi connectivity index (χ3n) is 4.86. The van der Waals surface area contributed by atoms with Crippen molar-refractivity contribution < 1.29 is 0 Å². The molecule has 1 aromatic carbocycles. The predicted molar refractivity (Wildman–Crippen MR) is 86.9 cm³/mol. The summed E-state index contributed by atoms with van der Waals surface area (Å²) >= 11 is 0. The standard InChI is InChI=1S/C18H27N3/c1-5-17(2,3)21(4)14-18(13-19,20-16-11-12-16)15-9-7-6-8-10-15/h6-10,16,20H,5,11-12,14H2,1-4H3. The molecule has 0 aromatic heterocycles. The molecule has 1 aliphatic rings. The van der Waals surface area contributed by atoms with E-state index in [0.717, 1.165) is 12.0 Å². The molecule has 1 saturated carbocycles. The molecule has 1 N–H and O–H groups in total. The quantitative estimate of drug-likeness (QED) is 0.835. The lowest BCUT2D eigenvalue weighted by molar-refractivity contribution is 0.118. The van der Waals surface area contributed by atoms with E-state index in [1.165, 1.54) is 12.8 Å². The van der Waals surface area contributed by atoms with Gasteiger partial charge >= 0.3 is 0 Å². The normalized spacial score (nSPS) is 18.3. The Morgan fingerprint density at radius 3 is 2.38 bits per heavy atom. The molecule has 0 radical (unpaired) electrons. The van der Waals surface area contributed by atoms with Gasteiger partial charge in [0.25, 0.3) is 0 Å². The van der Waals surface area contributed by atoms with Gasteiger partial charge in [0.2, 0.25) is 0 Å². The molecule has 3 nitrogen and oxygen atoms in total. The van der Waals surface area contributed by atoms with Crippen molar-refractivity contribution in [1.82, 2.24) is 10.2 Å². The van der Waals surface area contributed by atoms with Gasteiger partial charge in [-0.2, -0.15) is 5.26 Å². The fraction of sp³-hybridized carbons (Fsp3) is 0.611. The number of nitrogens with one attached hydrogen (secondary N) is 1. The first-order valence-electron chi connectivity index (χ1n) is 7.89. The summed E-state index contributed by atoms with van der Waals surface area (Å²) in [5.74, 6) is 0. The van der Waals surface area contributed by atoms with Crippen LogP contribution in [-0.2, 0) is 5.54 Å². The largest absolute Gasteiger partial charge is 0.298 e. The van der Waals surface area contributed by atoms with E-state index < -0.39 is 5.54 Å². The van der Waals surface area contributed by atoms with Crippen LogP contribution in [0.1, 0.15) is 45.6 Å². The maximum atomic E-state index is 9.95. The Kier molecular flexibility index (Phi) is 4.70. The van der Waals surface area contributed by atoms with Crippen molar-refractivity contribution in [2.24, 2.45) is 0 Å². The van der Waals surface area contributed by atoms with E-state index >= 15 is 0 Å². The van der Waals surface area contributed by atoms with Crippen LogP contribution in [0.25, 0.3) is 0 Å². The summed E-state index contributed by atoms with van der Waals surface area (Å²) in [5, 5.41) is 13.5. The Hall–Kier alpha value is -1.37. The molecule has 114 valence electrons. The lowest BCUT2D eigenvalue weighted by atomic mass is 9.88. The molecule has 2 rings (SSSR count). The lowest BCUT2D eigenvalue weighted by Crippen LogP contribution is -2.54. The summed E-state index contributed by atoms with van der Waals surface area (Å²) in [6.45, 7) is 7.36. The van der Waals surface area contributed by atoms with Crippen LogP contribution in [0.4, 0.5) is 0 Å². The van der Waals surface area contributed by atoms with Gasteiger partial charge in [-0.25, -0.2) is 0 Å². The van der Waals surface area contributed by atoms with E-state index in [1.807, 2.05) is 18.2 Å². The SMILES string of the molecule is CCC(C)(C)N(C)CC(C#N)(NC1CC1)c1ccccc1. The number of nitriles is 1. The summed E-state index contributed by atoms with van der Waals surface area (Å²) in [7, 11) is 2.12. The fourth-order valence-corrected chi connectivity index (χ4v) is 2.49. The molecule has 0 heterocycles. The van der Waals surface area contributed by atoms with Crippen LogP contribution in [0.5, 0.6) is 0 Å². The minimum absolute atomic E-state index is 0.0854. The third kappa shape index (κ3) is 3.64. The number of nitrogens with zero attached hydrogens (tertiary/aromatic N) is 2. The van der Waals surface area contributed by atoms with Crippen LogP contribution in [0.2, 0.25) is 0 Å². The number of hydrogen-bond donors (Lipinski definition) is 1. The zero-order chi connectivity index (χ0) is 15.5. The molecule has 0 bridgehead atoms. The van der Waals surface area contributed by atoms with Crippen molar-refractivity contribution in [2.75, 3.05) is 13.6 Å². The van der Waals surface area contributed by atoms with Crippen molar-refractivity contribution >= 4 is 0 Å². The molecule has 1 unspecified atom stereocenters. The van der Waals surface area contributed by atoms with E-state index in [2.05, 4.69) is 56.2 Å². The average molecular weight is 285 g/mol. The summed E-state index contributed by atoms with van der Waals surface area (Å²) in [6.07, 6.45) is 3.41. The molecular weight excluding hydrogens is 258 g/mol.